The van der Waals surface area contributed by atoms with Crippen molar-refractivity contribution in [3.63, 3.8) is 0 Å². The van der Waals surface area contributed by atoms with Crippen LogP contribution in [0.5, 0.6) is 0 Å². The molecule has 1 saturated heterocycles. The van der Waals surface area contributed by atoms with Crippen LogP contribution in [0.25, 0.3) is 0 Å². The molecule has 14 heavy (non-hydrogen) atoms. The number of rotatable bonds is 4. The Morgan fingerprint density at radius 2 is 2.29 bits per heavy atom. The number of thioether (sulfide) groups is 1. The van der Waals surface area contributed by atoms with Crippen LogP contribution < -0.4 is 5.73 Å². The molecular weight excluding hydrogens is 200 g/mol. The second-order valence-corrected chi connectivity index (χ2v) is 5.30. The molecule has 0 aromatic rings. The molecule has 1 aliphatic rings. The van der Waals surface area contributed by atoms with Crippen LogP contribution >= 0.6 is 11.8 Å². The summed E-state index contributed by atoms with van der Waals surface area (Å²) in [6.45, 7) is 3.85. The number of nitrogens with zero attached hydrogens (tertiary/aromatic N) is 1. The van der Waals surface area contributed by atoms with Crippen LogP contribution in [-0.2, 0) is 4.74 Å². The summed E-state index contributed by atoms with van der Waals surface area (Å²) in [5.74, 6) is 0.317. The van der Waals surface area contributed by atoms with Crippen LogP contribution in [0.15, 0.2) is 5.16 Å². The third-order valence-corrected chi connectivity index (χ3v) is 3.71. The average Bonchev–Trinajstić information content (AvgIpc) is 2.19. The largest absolute Gasteiger partial charge is 0.409 e. The predicted octanol–water partition coefficient (Wildman–Crippen LogP) is 1.42. The maximum Gasteiger partial charge on any atom is 0.140 e. The van der Waals surface area contributed by atoms with Crippen LogP contribution in [0.1, 0.15) is 26.2 Å². The topological polar surface area (TPSA) is 67.8 Å². The SMILES string of the molecule is CC(CC(N)=NO)SC1CCOCC1. The zero-order chi connectivity index (χ0) is 10.4. The molecule has 1 aliphatic heterocycles. The van der Waals surface area contributed by atoms with Gasteiger partial charge in [0.2, 0.25) is 0 Å². The Bertz CT molecular complexity index is 193. The zero-order valence-electron chi connectivity index (χ0n) is 8.48. The van der Waals surface area contributed by atoms with E-state index in [2.05, 4.69) is 12.1 Å². The molecule has 0 saturated carbocycles. The number of amidine groups is 1. The first-order valence-electron chi connectivity index (χ1n) is 4.92. The van der Waals surface area contributed by atoms with Crippen molar-refractivity contribution in [2.75, 3.05) is 13.2 Å². The summed E-state index contributed by atoms with van der Waals surface area (Å²) in [5, 5.41) is 12.5. The lowest BCUT2D eigenvalue weighted by Crippen LogP contribution is -2.22. The number of oxime groups is 1. The summed E-state index contributed by atoms with van der Waals surface area (Å²) in [6, 6.07) is 0. The molecule has 1 heterocycles. The Kier molecular flexibility index (Phi) is 5.11. The van der Waals surface area contributed by atoms with Gasteiger partial charge in [0.25, 0.3) is 0 Å². The summed E-state index contributed by atoms with van der Waals surface area (Å²) in [4.78, 5) is 0. The zero-order valence-corrected chi connectivity index (χ0v) is 9.30. The summed E-state index contributed by atoms with van der Waals surface area (Å²) < 4.78 is 5.28. The molecule has 0 spiro atoms. The molecule has 4 nitrogen and oxygen atoms in total. The van der Waals surface area contributed by atoms with E-state index in [1.165, 1.54) is 0 Å². The Hall–Kier alpha value is -0.420. The maximum absolute atomic E-state index is 8.42. The summed E-state index contributed by atoms with van der Waals surface area (Å²) in [5.41, 5.74) is 5.44. The van der Waals surface area contributed by atoms with E-state index in [0.717, 1.165) is 26.1 Å². The van der Waals surface area contributed by atoms with Crippen molar-refractivity contribution in [2.45, 2.75) is 36.7 Å². The first-order chi connectivity index (χ1) is 6.72. The quantitative estimate of drug-likeness (QED) is 0.324. The van der Waals surface area contributed by atoms with Crippen molar-refractivity contribution in [3.8, 4) is 0 Å². The van der Waals surface area contributed by atoms with Gasteiger partial charge in [-0.25, -0.2) is 0 Å². The van der Waals surface area contributed by atoms with E-state index in [0.29, 0.717) is 22.8 Å². The van der Waals surface area contributed by atoms with E-state index in [-0.39, 0.29) is 0 Å². The van der Waals surface area contributed by atoms with E-state index in [4.69, 9.17) is 15.7 Å². The van der Waals surface area contributed by atoms with Crippen molar-refractivity contribution in [1.82, 2.24) is 0 Å². The van der Waals surface area contributed by atoms with Crippen LogP contribution in [0.3, 0.4) is 0 Å². The van der Waals surface area contributed by atoms with Gasteiger partial charge in [-0.3, -0.25) is 0 Å². The van der Waals surface area contributed by atoms with Gasteiger partial charge >= 0.3 is 0 Å². The van der Waals surface area contributed by atoms with Gasteiger partial charge < -0.3 is 15.7 Å². The van der Waals surface area contributed by atoms with Gasteiger partial charge in [-0.05, 0) is 12.8 Å². The third-order valence-electron chi connectivity index (χ3n) is 2.22. The van der Waals surface area contributed by atoms with Crippen LogP contribution in [-0.4, -0.2) is 34.8 Å². The highest BCUT2D eigenvalue weighted by Crippen LogP contribution is 2.27. The molecule has 0 aromatic heterocycles. The van der Waals surface area contributed by atoms with Crippen LogP contribution in [0, 0.1) is 0 Å². The lowest BCUT2D eigenvalue weighted by atomic mass is 10.2. The summed E-state index contributed by atoms with van der Waals surface area (Å²) in [6.07, 6.45) is 2.88. The van der Waals surface area contributed by atoms with Crippen molar-refractivity contribution < 1.29 is 9.94 Å². The normalized spacial score (nSPS) is 22.2. The molecule has 3 N–H and O–H groups in total. The fourth-order valence-electron chi connectivity index (χ4n) is 1.52. The van der Waals surface area contributed by atoms with Crippen molar-refractivity contribution in [1.29, 1.82) is 0 Å². The molecule has 1 unspecified atom stereocenters. The molecule has 0 amide bonds. The van der Waals surface area contributed by atoms with E-state index >= 15 is 0 Å². The number of hydrogen-bond acceptors (Lipinski definition) is 4. The molecular formula is C9H18N2O2S. The minimum atomic E-state index is 0.317. The molecule has 82 valence electrons. The van der Waals surface area contributed by atoms with Crippen molar-refractivity contribution >= 4 is 17.6 Å². The monoisotopic (exact) mass is 218 g/mol. The van der Waals surface area contributed by atoms with Gasteiger partial charge in [0.05, 0.1) is 0 Å². The van der Waals surface area contributed by atoms with Gasteiger partial charge in [-0.2, -0.15) is 11.8 Å². The third kappa shape index (κ3) is 4.19. The molecule has 1 atom stereocenters. The number of nitrogens with two attached hydrogens (primary N) is 1. The lowest BCUT2D eigenvalue weighted by molar-refractivity contribution is 0.0999. The van der Waals surface area contributed by atoms with Gasteiger partial charge in [0.15, 0.2) is 0 Å². The van der Waals surface area contributed by atoms with Crippen LogP contribution in [0.2, 0.25) is 0 Å². The number of ether oxygens (including phenoxy) is 1. The fraction of sp³-hybridized carbons (Fsp3) is 0.889. The Morgan fingerprint density at radius 3 is 2.86 bits per heavy atom. The molecule has 5 heteroatoms. The minimum Gasteiger partial charge on any atom is -0.409 e. The van der Waals surface area contributed by atoms with Crippen molar-refractivity contribution in [3.05, 3.63) is 0 Å². The highest BCUT2D eigenvalue weighted by Gasteiger charge is 2.17. The van der Waals surface area contributed by atoms with Gasteiger partial charge in [-0.15, -0.1) is 0 Å². The van der Waals surface area contributed by atoms with Gasteiger partial charge in [0.1, 0.15) is 5.84 Å². The highest BCUT2D eigenvalue weighted by molar-refractivity contribution is 8.00. The maximum atomic E-state index is 8.42. The standard InChI is InChI=1S/C9H18N2O2S/c1-7(6-9(10)11-12)14-8-2-4-13-5-3-8/h7-8,12H,2-6H2,1H3,(H2,10,11). The molecule has 0 bridgehead atoms. The second kappa shape index (κ2) is 6.14. The van der Waals surface area contributed by atoms with E-state index < -0.39 is 0 Å². The number of hydrogen-bond donors (Lipinski definition) is 2. The Balaban J connectivity index is 2.21. The smallest absolute Gasteiger partial charge is 0.140 e. The molecule has 1 fully saturated rings. The molecule has 0 aromatic carbocycles. The van der Waals surface area contributed by atoms with Gasteiger partial charge in [0, 0.05) is 30.1 Å². The van der Waals surface area contributed by atoms with E-state index in [1.54, 1.807) is 0 Å². The van der Waals surface area contributed by atoms with E-state index in [1.807, 2.05) is 11.8 Å². The minimum absolute atomic E-state index is 0.317. The van der Waals surface area contributed by atoms with Gasteiger partial charge in [-0.1, -0.05) is 12.1 Å². The van der Waals surface area contributed by atoms with Crippen LogP contribution in [0.4, 0.5) is 0 Å². The Morgan fingerprint density at radius 1 is 1.64 bits per heavy atom. The summed E-state index contributed by atoms with van der Waals surface area (Å²) >= 11 is 1.91. The van der Waals surface area contributed by atoms with Crippen molar-refractivity contribution in [2.24, 2.45) is 10.9 Å². The first kappa shape index (κ1) is 11.7. The van der Waals surface area contributed by atoms with E-state index in [9.17, 15) is 0 Å². The summed E-state index contributed by atoms with van der Waals surface area (Å²) in [7, 11) is 0. The molecule has 0 aliphatic carbocycles. The lowest BCUT2D eigenvalue weighted by Gasteiger charge is -2.24. The first-order valence-corrected chi connectivity index (χ1v) is 5.86. The molecule has 0 radical (unpaired) electrons. The molecule has 1 rings (SSSR count). The highest BCUT2D eigenvalue weighted by atomic mass is 32.2. The second-order valence-electron chi connectivity index (χ2n) is 3.55. The predicted molar refractivity (Wildman–Crippen MR) is 58.9 cm³/mol. The fourth-order valence-corrected chi connectivity index (χ4v) is 2.91. The average molecular weight is 218 g/mol. The Labute approximate surface area is 88.9 Å².